The van der Waals surface area contributed by atoms with Crippen LogP contribution in [-0.2, 0) is 14.8 Å². The quantitative estimate of drug-likeness (QED) is 0.778. The molecule has 1 heterocycles. The highest BCUT2D eigenvalue weighted by molar-refractivity contribution is 7.89. The van der Waals surface area contributed by atoms with Crippen molar-refractivity contribution < 1.29 is 22.8 Å². The molecule has 0 aliphatic carbocycles. The van der Waals surface area contributed by atoms with Crippen LogP contribution in [0.2, 0.25) is 0 Å². The molecule has 0 saturated heterocycles. The Bertz CT molecular complexity index is 485. The second kappa shape index (κ2) is 4.22. The van der Waals surface area contributed by atoms with Crippen LogP contribution in [0.1, 0.15) is 18.4 Å². The van der Waals surface area contributed by atoms with Gasteiger partial charge in [-0.2, -0.15) is 4.72 Å². The number of rotatable bonds is 4. The third-order valence-corrected chi connectivity index (χ3v) is 3.72. The average molecular weight is 248 g/mol. The zero-order valence-electron chi connectivity index (χ0n) is 9.01. The summed E-state index contributed by atoms with van der Waals surface area (Å²) >= 11 is 0. The summed E-state index contributed by atoms with van der Waals surface area (Å²) in [6.45, 7) is 4.15. The predicted octanol–water partition coefficient (Wildman–Crippen LogP) is 0.0428. The highest BCUT2D eigenvalue weighted by Gasteiger charge is 2.27. The monoisotopic (exact) mass is 248 g/mol. The van der Waals surface area contributed by atoms with E-state index in [9.17, 15) is 13.2 Å². The van der Waals surface area contributed by atoms with E-state index in [1.807, 2.05) is 4.72 Å². The third kappa shape index (κ3) is 2.39. The number of carbonyl (C=O) groups is 1. The lowest BCUT2D eigenvalue weighted by atomic mass is 10.4. The molecule has 1 aromatic rings. The van der Waals surface area contributed by atoms with Crippen molar-refractivity contribution >= 4 is 16.0 Å². The number of carboxylic acids is 1. The highest BCUT2D eigenvalue weighted by atomic mass is 32.2. The predicted molar refractivity (Wildman–Crippen MR) is 53.4 cm³/mol. The van der Waals surface area contributed by atoms with Gasteiger partial charge in [0.15, 0.2) is 5.76 Å². The van der Waals surface area contributed by atoms with Crippen LogP contribution in [0.4, 0.5) is 0 Å². The third-order valence-electron chi connectivity index (χ3n) is 1.94. The van der Waals surface area contributed by atoms with Gasteiger partial charge < -0.3 is 9.63 Å². The van der Waals surface area contributed by atoms with Gasteiger partial charge in [-0.25, -0.2) is 8.42 Å². The van der Waals surface area contributed by atoms with E-state index in [2.05, 4.69) is 5.16 Å². The van der Waals surface area contributed by atoms with Gasteiger partial charge in [-0.3, -0.25) is 4.79 Å². The number of carboxylic acid groups (broad SMARTS) is 1. The van der Waals surface area contributed by atoms with Crippen molar-refractivity contribution in [3.8, 4) is 0 Å². The van der Waals surface area contributed by atoms with Crippen LogP contribution in [0.5, 0.6) is 0 Å². The summed E-state index contributed by atoms with van der Waals surface area (Å²) in [6.07, 6.45) is 0. The average Bonchev–Trinajstić information content (AvgIpc) is 2.45. The summed E-state index contributed by atoms with van der Waals surface area (Å²) in [4.78, 5) is 10.4. The molecule has 2 N–H and O–H groups in total. The summed E-state index contributed by atoms with van der Waals surface area (Å²) in [7, 11) is -3.91. The molecule has 1 atom stereocenters. The standard InChI is InChI=1S/C8H12N2O5S/c1-4-7(6(3)15-9-4)16(13,14)10-5(2)8(11)12/h5,10H,1-3H3,(H,11,12)/t5-/m1/s1. The number of aryl methyl sites for hydroxylation is 2. The summed E-state index contributed by atoms with van der Waals surface area (Å²) in [5.74, 6) is -1.13. The maximum absolute atomic E-state index is 11.8. The molecule has 0 aromatic carbocycles. The summed E-state index contributed by atoms with van der Waals surface area (Å²) in [5, 5.41) is 12.1. The van der Waals surface area contributed by atoms with Crippen molar-refractivity contribution in [2.24, 2.45) is 0 Å². The van der Waals surface area contributed by atoms with E-state index in [1.165, 1.54) is 20.8 Å². The van der Waals surface area contributed by atoms with Gasteiger partial charge in [0.25, 0.3) is 0 Å². The van der Waals surface area contributed by atoms with Crippen molar-refractivity contribution in [2.75, 3.05) is 0 Å². The second-order valence-electron chi connectivity index (χ2n) is 3.33. The van der Waals surface area contributed by atoms with Crippen molar-refractivity contribution in [1.29, 1.82) is 0 Å². The van der Waals surface area contributed by atoms with Crippen molar-refractivity contribution in [1.82, 2.24) is 9.88 Å². The Hall–Kier alpha value is -1.41. The number of nitrogens with one attached hydrogen (secondary N) is 1. The van der Waals surface area contributed by atoms with Crippen molar-refractivity contribution in [2.45, 2.75) is 31.7 Å². The first-order valence-corrected chi connectivity index (χ1v) is 5.92. The summed E-state index contributed by atoms with van der Waals surface area (Å²) in [5.41, 5.74) is 0.197. The molecule has 0 saturated carbocycles. The number of hydrogen-bond acceptors (Lipinski definition) is 5. The molecule has 16 heavy (non-hydrogen) atoms. The molecule has 1 aromatic heterocycles. The SMILES string of the molecule is Cc1noc(C)c1S(=O)(=O)N[C@H](C)C(=O)O. The number of nitrogens with zero attached hydrogens (tertiary/aromatic N) is 1. The molecule has 1 rings (SSSR count). The highest BCUT2D eigenvalue weighted by Crippen LogP contribution is 2.18. The van der Waals surface area contributed by atoms with Gasteiger partial charge in [0.05, 0.1) is 0 Å². The lowest BCUT2D eigenvalue weighted by molar-refractivity contribution is -0.138. The molecule has 8 heteroatoms. The Balaban J connectivity index is 3.09. The molecule has 0 fully saturated rings. The number of aromatic nitrogens is 1. The lowest BCUT2D eigenvalue weighted by Crippen LogP contribution is -2.38. The van der Waals surface area contributed by atoms with E-state index in [0.29, 0.717) is 0 Å². The van der Waals surface area contributed by atoms with Crippen LogP contribution in [-0.4, -0.2) is 30.7 Å². The van der Waals surface area contributed by atoms with Gasteiger partial charge in [-0.15, -0.1) is 0 Å². The van der Waals surface area contributed by atoms with Gasteiger partial charge in [-0.05, 0) is 20.8 Å². The Morgan fingerprint density at radius 2 is 2.06 bits per heavy atom. The molecule has 0 bridgehead atoms. The molecule has 0 aliphatic rings. The maximum Gasteiger partial charge on any atom is 0.321 e. The minimum absolute atomic E-state index is 0.111. The molecule has 0 amide bonds. The number of hydrogen-bond donors (Lipinski definition) is 2. The molecule has 0 aliphatic heterocycles. The van der Waals surface area contributed by atoms with Gasteiger partial charge >= 0.3 is 5.97 Å². The van der Waals surface area contributed by atoms with Crippen molar-refractivity contribution in [3.05, 3.63) is 11.5 Å². The van der Waals surface area contributed by atoms with Crippen LogP contribution >= 0.6 is 0 Å². The molecule has 0 unspecified atom stereocenters. The van der Waals surface area contributed by atoms with E-state index < -0.39 is 22.0 Å². The van der Waals surface area contributed by atoms with Crippen molar-refractivity contribution in [3.63, 3.8) is 0 Å². The van der Waals surface area contributed by atoms with Crippen LogP contribution in [0.15, 0.2) is 9.42 Å². The summed E-state index contributed by atoms with van der Waals surface area (Å²) < 4.78 is 30.3. The molecule has 90 valence electrons. The van der Waals surface area contributed by atoms with E-state index in [4.69, 9.17) is 9.63 Å². The van der Waals surface area contributed by atoms with Crippen LogP contribution in [0.25, 0.3) is 0 Å². The largest absolute Gasteiger partial charge is 0.480 e. The van der Waals surface area contributed by atoms with Crippen LogP contribution in [0.3, 0.4) is 0 Å². The molecule has 0 radical (unpaired) electrons. The Kier molecular flexibility index (Phi) is 3.34. The fraction of sp³-hybridized carbons (Fsp3) is 0.500. The zero-order chi connectivity index (χ0) is 12.5. The normalized spacial score (nSPS) is 13.7. The van der Waals surface area contributed by atoms with Gasteiger partial charge in [0.2, 0.25) is 10.0 Å². The fourth-order valence-corrected chi connectivity index (χ4v) is 2.73. The van der Waals surface area contributed by atoms with E-state index in [-0.39, 0.29) is 16.3 Å². The second-order valence-corrected chi connectivity index (χ2v) is 4.99. The zero-order valence-corrected chi connectivity index (χ0v) is 9.83. The fourth-order valence-electron chi connectivity index (χ4n) is 1.20. The van der Waals surface area contributed by atoms with Gasteiger partial charge in [-0.1, -0.05) is 5.16 Å². The number of aliphatic carboxylic acids is 1. The molecule has 0 spiro atoms. The number of sulfonamides is 1. The van der Waals surface area contributed by atoms with E-state index in [1.54, 1.807) is 0 Å². The smallest absolute Gasteiger partial charge is 0.321 e. The minimum atomic E-state index is -3.91. The first kappa shape index (κ1) is 12.7. The van der Waals surface area contributed by atoms with E-state index >= 15 is 0 Å². The van der Waals surface area contributed by atoms with Gasteiger partial charge in [0, 0.05) is 0 Å². The molecular weight excluding hydrogens is 236 g/mol. The maximum atomic E-state index is 11.8. The topological polar surface area (TPSA) is 110 Å². The lowest BCUT2D eigenvalue weighted by Gasteiger charge is -2.09. The Morgan fingerprint density at radius 3 is 2.44 bits per heavy atom. The first-order valence-electron chi connectivity index (χ1n) is 4.43. The first-order chi connectivity index (χ1) is 7.25. The van der Waals surface area contributed by atoms with Crippen LogP contribution < -0.4 is 4.72 Å². The van der Waals surface area contributed by atoms with E-state index in [0.717, 1.165) is 0 Å². The molecular formula is C8H12N2O5S. The minimum Gasteiger partial charge on any atom is -0.480 e. The van der Waals surface area contributed by atoms with Crippen LogP contribution in [0, 0.1) is 13.8 Å². The Labute approximate surface area is 92.5 Å². The summed E-state index contributed by atoms with van der Waals surface area (Å²) in [6, 6.07) is -1.21. The molecule has 7 nitrogen and oxygen atoms in total. The Morgan fingerprint density at radius 1 is 1.50 bits per heavy atom. The van der Waals surface area contributed by atoms with Gasteiger partial charge in [0.1, 0.15) is 16.6 Å².